The van der Waals surface area contributed by atoms with E-state index in [9.17, 15) is 22.8 Å². The molecule has 1 aliphatic heterocycles. The fourth-order valence-electron chi connectivity index (χ4n) is 4.69. The summed E-state index contributed by atoms with van der Waals surface area (Å²) in [6, 6.07) is 2.41. The minimum atomic E-state index is -4.57. The molecule has 15 nitrogen and oxygen atoms in total. The number of H-pyrrole nitrogens is 1. The lowest BCUT2D eigenvalue weighted by molar-refractivity contribution is -0.141. The average molecular weight is 643 g/mol. The van der Waals surface area contributed by atoms with Crippen LogP contribution in [0.3, 0.4) is 0 Å². The van der Waals surface area contributed by atoms with Crippen molar-refractivity contribution in [3.8, 4) is 17.1 Å². The lowest BCUT2D eigenvalue weighted by Gasteiger charge is -2.19. The number of nitrogens with one attached hydrogen (secondary N) is 1. The van der Waals surface area contributed by atoms with Crippen molar-refractivity contribution in [1.29, 1.82) is 0 Å². The van der Waals surface area contributed by atoms with Crippen LogP contribution < -0.4 is 20.9 Å². The summed E-state index contributed by atoms with van der Waals surface area (Å²) in [4.78, 5) is 54.2. The first-order valence-corrected chi connectivity index (χ1v) is 13.6. The molecule has 5 aromatic heterocycles. The van der Waals surface area contributed by atoms with Crippen LogP contribution in [0.25, 0.3) is 27.8 Å². The molecule has 0 spiro atoms. The Kier molecular flexibility index (Phi) is 7.31. The molecule has 232 valence electrons. The first kappa shape index (κ1) is 29.5. The van der Waals surface area contributed by atoms with E-state index in [1.807, 2.05) is 0 Å². The zero-order valence-corrected chi connectivity index (χ0v) is 22.8. The molecular weight excluding hydrogens is 624 g/mol. The maximum atomic E-state index is 15.3. The Hall–Kier alpha value is -4.52. The third kappa shape index (κ3) is 5.83. The smallest absolute Gasteiger partial charge is 0.408 e. The lowest BCUT2D eigenvalue weighted by Crippen LogP contribution is -2.36. The summed E-state index contributed by atoms with van der Waals surface area (Å²) in [5.41, 5.74) is -1.72. The van der Waals surface area contributed by atoms with E-state index in [0.29, 0.717) is 4.68 Å². The van der Waals surface area contributed by atoms with Gasteiger partial charge in [-0.15, -0.1) is 0 Å². The molecule has 0 amide bonds. The summed E-state index contributed by atoms with van der Waals surface area (Å²) >= 11 is 0. The number of pyridine rings is 1. The van der Waals surface area contributed by atoms with E-state index in [2.05, 4.69) is 29.7 Å². The van der Waals surface area contributed by atoms with E-state index in [1.54, 1.807) is 0 Å². The number of imidazole rings is 1. The van der Waals surface area contributed by atoms with Crippen LogP contribution in [0.15, 0.2) is 52.7 Å². The molecule has 44 heavy (non-hydrogen) atoms. The molecule has 0 radical (unpaired) electrons. The van der Waals surface area contributed by atoms with Gasteiger partial charge in [0.1, 0.15) is 19.0 Å². The summed E-state index contributed by atoms with van der Waals surface area (Å²) in [6.45, 7) is -3.29. The number of aromatic amines is 1. The second kappa shape index (κ2) is 10.9. The summed E-state index contributed by atoms with van der Waals surface area (Å²) in [7, 11) is -2.81. The Morgan fingerprint density at radius 3 is 2.70 bits per heavy atom. The number of halogens is 5. The van der Waals surface area contributed by atoms with Gasteiger partial charge in [0.25, 0.3) is 5.56 Å². The molecule has 3 N–H and O–H groups in total. The van der Waals surface area contributed by atoms with E-state index in [4.69, 9.17) is 14.5 Å². The molecule has 1 atom stereocenters. The second-order valence-electron chi connectivity index (χ2n) is 9.64. The van der Waals surface area contributed by atoms with Gasteiger partial charge in [0, 0.05) is 36.2 Å². The highest BCUT2D eigenvalue weighted by molar-refractivity contribution is 7.39. The van der Waals surface area contributed by atoms with Crippen molar-refractivity contribution in [2.24, 2.45) is 0 Å². The fraction of sp³-hybridized carbons (Fsp3) is 0.304. The Morgan fingerprint density at radius 2 is 1.95 bits per heavy atom. The van der Waals surface area contributed by atoms with Crippen LogP contribution in [-0.4, -0.2) is 80.0 Å². The van der Waals surface area contributed by atoms with Gasteiger partial charge in [-0.05, 0) is 6.07 Å². The molecule has 1 saturated heterocycles. The lowest BCUT2D eigenvalue weighted by atomic mass is 10.2. The van der Waals surface area contributed by atoms with Crippen molar-refractivity contribution >= 4 is 30.8 Å². The Morgan fingerprint density at radius 1 is 1.16 bits per heavy atom. The summed E-state index contributed by atoms with van der Waals surface area (Å²) < 4.78 is 82.3. The molecule has 6 heterocycles. The molecule has 1 unspecified atom stereocenters. The van der Waals surface area contributed by atoms with Gasteiger partial charge in [-0.1, -0.05) is 0 Å². The van der Waals surface area contributed by atoms with Crippen molar-refractivity contribution in [3.05, 3.63) is 64.0 Å². The predicted octanol–water partition coefficient (Wildman–Crippen LogP) is 1.64. The molecule has 0 aromatic carbocycles. The number of fused-ring (bicyclic) bond motifs is 2. The van der Waals surface area contributed by atoms with Crippen LogP contribution >= 0.6 is 8.60 Å². The highest BCUT2D eigenvalue weighted by atomic mass is 31.2. The van der Waals surface area contributed by atoms with Crippen molar-refractivity contribution in [1.82, 2.24) is 38.9 Å². The summed E-state index contributed by atoms with van der Waals surface area (Å²) in [5, 5.41) is 8.23. The number of aromatic nitrogens is 8. The zero-order valence-electron chi connectivity index (χ0n) is 21.9. The van der Waals surface area contributed by atoms with Gasteiger partial charge in [-0.2, -0.15) is 23.4 Å². The van der Waals surface area contributed by atoms with Gasteiger partial charge in [-0.3, -0.25) is 23.6 Å². The van der Waals surface area contributed by atoms with Crippen LogP contribution in [0.4, 0.5) is 27.6 Å². The van der Waals surface area contributed by atoms with E-state index in [-0.39, 0.29) is 39.4 Å². The van der Waals surface area contributed by atoms with Crippen LogP contribution in [0, 0.1) is 0 Å². The van der Waals surface area contributed by atoms with Gasteiger partial charge < -0.3 is 19.4 Å². The summed E-state index contributed by atoms with van der Waals surface area (Å²) in [5.74, 6) is -3.80. The summed E-state index contributed by atoms with van der Waals surface area (Å²) in [6.07, 6.45) is -0.193. The third-order valence-electron chi connectivity index (χ3n) is 6.63. The van der Waals surface area contributed by atoms with Crippen LogP contribution in [0.5, 0.6) is 5.88 Å². The van der Waals surface area contributed by atoms with Gasteiger partial charge in [0.2, 0.25) is 5.88 Å². The number of ether oxygens (including phenoxy) is 1. The number of anilines is 1. The maximum Gasteiger partial charge on any atom is 0.408 e. The molecule has 1 aliphatic rings. The van der Waals surface area contributed by atoms with Crippen molar-refractivity contribution < 1.29 is 41.0 Å². The maximum absolute atomic E-state index is 15.3. The first-order valence-electron chi connectivity index (χ1n) is 12.4. The largest absolute Gasteiger partial charge is 0.466 e. The van der Waals surface area contributed by atoms with Gasteiger partial charge in [0.15, 0.2) is 11.8 Å². The van der Waals surface area contributed by atoms with Crippen LogP contribution in [0.1, 0.15) is 0 Å². The standard InChI is InChI=1S/C23H19F5N9O6P/c24-22(25)9-34(8-17(22)43-18-4-15-12(5-30-18)6-31-37(15)10-23(26,27)28)16-3-14(33-36-2-1-29-19(16)36)13-7-35(11-42-44(40)41)21(39)32-20(13)38/h1-7,17,40-41H,8-11H2,(H,32,38,39). The molecule has 5 aromatic rings. The monoisotopic (exact) mass is 643 g/mol. The predicted molar refractivity (Wildman–Crippen MR) is 141 cm³/mol. The number of rotatable bonds is 8. The topological polar surface area (TPSA) is 178 Å². The molecule has 1 fully saturated rings. The molecule has 0 saturated carbocycles. The third-order valence-corrected chi connectivity index (χ3v) is 6.98. The van der Waals surface area contributed by atoms with Crippen molar-refractivity contribution in [2.45, 2.75) is 31.5 Å². The first-order chi connectivity index (χ1) is 20.8. The molecule has 6 rings (SSSR count). The number of nitrogens with zero attached hydrogens (tertiary/aromatic N) is 8. The van der Waals surface area contributed by atoms with Gasteiger partial charge >= 0.3 is 26.4 Å². The van der Waals surface area contributed by atoms with Crippen molar-refractivity contribution in [3.63, 3.8) is 0 Å². The van der Waals surface area contributed by atoms with Gasteiger partial charge in [-0.25, -0.2) is 28.1 Å². The van der Waals surface area contributed by atoms with E-state index < -0.39 is 64.4 Å². The van der Waals surface area contributed by atoms with E-state index in [1.165, 1.54) is 40.3 Å². The molecule has 21 heteroatoms. The molecule has 0 bridgehead atoms. The zero-order chi connectivity index (χ0) is 31.4. The SMILES string of the molecule is O=c1[nH]c(=O)n(COP(O)O)cc1-c1cc(N2CC(Oc3cc4c(cn3)cnn4CC(F)(F)F)C(F)(F)C2)c2nccn2n1. The number of hydrogen-bond acceptors (Lipinski definition) is 11. The minimum Gasteiger partial charge on any atom is -0.466 e. The fourth-order valence-corrected chi connectivity index (χ4v) is 4.92. The van der Waals surface area contributed by atoms with E-state index >= 15 is 8.78 Å². The number of hydrogen-bond donors (Lipinski definition) is 3. The average Bonchev–Trinajstić information content (AvgIpc) is 3.64. The molecule has 0 aliphatic carbocycles. The van der Waals surface area contributed by atoms with Crippen LogP contribution in [-0.2, 0) is 17.8 Å². The van der Waals surface area contributed by atoms with Crippen LogP contribution in [0.2, 0.25) is 0 Å². The quantitative estimate of drug-likeness (QED) is 0.165. The Labute approximate surface area is 241 Å². The highest BCUT2D eigenvalue weighted by Crippen LogP contribution is 2.36. The number of alkyl halides is 5. The highest BCUT2D eigenvalue weighted by Gasteiger charge is 2.51. The second-order valence-corrected chi connectivity index (χ2v) is 10.4. The van der Waals surface area contributed by atoms with Gasteiger partial charge in [0.05, 0.1) is 36.1 Å². The minimum absolute atomic E-state index is 0.00471. The Balaban J connectivity index is 1.32. The molecular formula is C23H19F5N9O6P. The van der Waals surface area contributed by atoms with E-state index in [0.717, 1.165) is 16.8 Å². The normalized spacial score (nSPS) is 16.9. The van der Waals surface area contributed by atoms with Crippen molar-refractivity contribution in [2.75, 3.05) is 18.0 Å². The Bertz CT molecular complexity index is 1970.